The fourth-order valence-electron chi connectivity index (χ4n) is 4.28. The Morgan fingerprint density at radius 3 is 2.74 bits per heavy atom. The van der Waals surface area contributed by atoms with Gasteiger partial charge in [0.15, 0.2) is 0 Å². The number of hydrogen-bond donors (Lipinski definition) is 0. The van der Waals surface area contributed by atoms with Crippen LogP contribution in [0.3, 0.4) is 0 Å². The van der Waals surface area contributed by atoms with Gasteiger partial charge in [0.05, 0.1) is 31.0 Å². The molecule has 31 heavy (non-hydrogen) atoms. The van der Waals surface area contributed by atoms with Crippen LogP contribution in [0.1, 0.15) is 49.1 Å². The first-order valence-corrected chi connectivity index (χ1v) is 10.9. The number of piperidine rings is 1. The second kappa shape index (κ2) is 9.47. The average molecular weight is 424 g/mol. The topological polar surface area (TPSA) is 75.3 Å². The molecule has 1 amide bonds. The second-order valence-electron chi connectivity index (χ2n) is 8.21. The van der Waals surface area contributed by atoms with Crippen molar-refractivity contribution >= 4 is 17.6 Å². The molecule has 0 bridgehead atoms. The molecule has 1 fully saturated rings. The van der Waals surface area contributed by atoms with E-state index in [1.54, 1.807) is 11.3 Å². The lowest BCUT2D eigenvalue weighted by Crippen LogP contribution is -2.44. The van der Waals surface area contributed by atoms with Crippen molar-refractivity contribution in [1.29, 1.82) is 0 Å². The number of carbonyl (C=O) groups excluding carboxylic acids is 2. The third kappa shape index (κ3) is 4.88. The van der Waals surface area contributed by atoms with Gasteiger partial charge in [-0.25, -0.2) is 5.01 Å². The minimum atomic E-state index is -0.260. The number of nitrogens with zero attached hydrogens (tertiary/aromatic N) is 3. The van der Waals surface area contributed by atoms with Crippen LogP contribution in [-0.2, 0) is 14.3 Å². The maximum Gasteiger partial charge on any atom is 0.310 e. The fraction of sp³-hybridized carbons (Fsp3) is 0.458. The van der Waals surface area contributed by atoms with Crippen molar-refractivity contribution in [2.24, 2.45) is 11.0 Å². The highest BCUT2D eigenvalue weighted by Gasteiger charge is 2.36. The van der Waals surface area contributed by atoms with Gasteiger partial charge in [0.1, 0.15) is 11.8 Å². The summed E-state index contributed by atoms with van der Waals surface area (Å²) in [7, 11) is 0. The molecule has 4 rings (SSSR count). The highest BCUT2D eigenvalue weighted by Crippen LogP contribution is 2.33. The van der Waals surface area contributed by atoms with Crippen molar-refractivity contribution in [2.45, 2.75) is 39.2 Å². The second-order valence-corrected chi connectivity index (χ2v) is 8.21. The Bertz CT molecular complexity index is 936. The van der Waals surface area contributed by atoms with Gasteiger partial charge in [-0.3, -0.25) is 14.5 Å². The summed E-state index contributed by atoms with van der Waals surface area (Å²) in [5.74, 6) is 0.289. The first kappa shape index (κ1) is 21.3. The molecule has 0 aliphatic carbocycles. The van der Waals surface area contributed by atoms with Crippen LogP contribution in [0.2, 0.25) is 0 Å². The van der Waals surface area contributed by atoms with Gasteiger partial charge in [-0.1, -0.05) is 29.8 Å². The van der Waals surface area contributed by atoms with E-state index < -0.39 is 0 Å². The Kier molecular flexibility index (Phi) is 6.51. The van der Waals surface area contributed by atoms with E-state index in [-0.39, 0.29) is 30.4 Å². The number of aryl methyl sites for hydroxylation is 1. The van der Waals surface area contributed by atoms with E-state index in [2.05, 4.69) is 0 Å². The third-order valence-electron chi connectivity index (χ3n) is 5.91. The molecule has 1 saturated heterocycles. The summed E-state index contributed by atoms with van der Waals surface area (Å²) < 4.78 is 10.8. The number of likely N-dealkylation sites (tertiary alicyclic amines) is 1. The van der Waals surface area contributed by atoms with Gasteiger partial charge in [0.25, 0.3) is 5.91 Å². The van der Waals surface area contributed by atoms with E-state index in [0.717, 1.165) is 36.4 Å². The summed E-state index contributed by atoms with van der Waals surface area (Å²) >= 11 is 0. The zero-order chi connectivity index (χ0) is 21.8. The van der Waals surface area contributed by atoms with Gasteiger partial charge >= 0.3 is 5.97 Å². The lowest BCUT2D eigenvalue weighted by molar-refractivity contribution is -0.150. The molecule has 1 aromatic carbocycles. The number of furan rings is 1. The molecule has 0 spiro atoms. The molecule has 2 atom stereocenters. The van der Waals surface area contributed by atoms with Crippen LogP contribution in [0, 0.1) is 12.8 Å². The van der Waals surface area contributed by atoms with Crippen LogP contribution in [0.15, 0.2) is 52.2 Å². The number of rotatable bonds is 6. The van der Waals surface area contributed by atoms with Crippen molar-refractivity contribution in [3.8, 4) is 0 Å². The van der Waals surface area contributed by atoms with Crippen molar-refractivity contribution < 1.29 is 18.7 Å². The zero-order valence-electron chi connectivity index (χ0n) is 18.1. The molecule has 0 radical (unpaired) electrons. The monoisotopic (exact) mass is 423 g/mol. The molecule has 0 saturated carbocycles. The number of hydrogen-bond acceptors (Lipinski definition) is 6. The van der Waals surface area contributed by atoms with E-state index in [4.69, 9.17) is 14.3 Å². The molecule has 0 N–H and O–H groups in total. The lowest BCUT2D eigenvalue weighted by atomic mass is 9.98. The van der Waals surface area contributed by atoms with Gasteiger partial charge in [-0.05, 0) is 50.9 Å². The van der Waals surface area contributed by atoms with E-state index in [1.165, 1.54) is 5.56 Å². The Morgan fingerprint density at radius 2 is 2.03 bits per heavy atom. The molecule has 164 valence electrons. The lowest BCUT2D eigenvalue weighted by Gasteiger charge is -2.32. The molecular weight excluding hydrogens is 394 g/mol. The molecule has 2 aliphatic rings. The van der Waals surface area contributed by atoms with Gasteiger partial charge in [-0.15, -0.1) is 0 Å². The summed E-state index contributed by atoms with van der Waals surface area (Å²) in [6.45, 7) is 5.78. The zero-order valence-corrected chi connectivity index (χ0v) is 18.1. The molecule has 2 unspecified atom stereocenters. The maximum atomic E-state index is 13.3. The summed E-state index contributed by atoms with van der Waals surface area (Å²) in [6, 6.07) is 11.6. The smallest absolute Gasteiger partial charge is 0.310 e. The van der Waals surface area contributed by atoms with Crippen LogP contribution < -0.4 is 0 Å². The number of amides is 1. The minimum absolute atomic E-state index is 0.0898. The highest BCUT2D eigenvalue weighted by atomic mass is 16.5. The molecule has 2 aliphatic heterocycles. The Hall–Kier alpha value is -2.93. The maximum absolute atomic E-state index is 13.3. The Balaban J connectivity index is 1.49. The molecule has 7 nitrogen and oxygen atoms in total. The number of esters is 1. The van der Waals surface area contributed by atoms with E-state index in [1.807, 2.05) is 55.1 Å². The van der Waals surface area contributed by atoms with Crippen LogP contribution in [0.5, 0.6) is 0 Å². The Labute approximate surface area is 182 Å². The van der Waals surface area contributed by atoms with Crippen LogP contribution in [0.4, 0.5) is 0 Å². The standard InChI is InChI=1S/C24H29N3O4/c1-3-30-24(29)19-6-4-12-26(15-19)16-23(28)27-21(22-7-5-13-31-22)14-20(25-27)18-10-8-17(2)9-11-18/h5,7-11,13,19,21H,3-4,6,12,14-16H2,1-2H3. The van der Waals surface area contributed by atoms with Gasteiger partial charge < -0.3 is 9.15 Å². The quantitative estimate of drug-likeness (QED) is 0.665. The van der Waals surface area contributed by atoms with Gasteiger partial charge in [-0.2, -0.15) is 5.10 Å². The molecule has 1 aromatic heterocycles. The predicted molar refractivity (Wildman–Crippen MR) is 116 cm³/mol. The fourth-order valence-corrected chi connectivity index (χ4v) is 4.28. The van der Waals surface area contributed by atoms with Crippen LogP contribution >= 0.6 is 0 Å². The van der Waals surface area contributed by atoms with Crippen LogP contribution in [-0.4, -0.2) is 53.7 Å². The van der Waals surface area contributed by atoms with Gasteiger partial charge in [0, 0.05) is 13.0 Å². The van der Waals surface area contributed by atoms with Crippen molar-refractivity contribution in [1.82, 2.24) is 9.91 Å². The molecule has 2 aromatic rings. The summed E-state index contributed by atoms with van der Waals surface area (Å²) in [6.07, 6.45) is 3.90. The Morgan fingerprint density at radius 1 is 1.23 bits per heavy atom. The number of ether oxygens (including phenoxy) is 1. The van der Waals surface area contributed by atoms with Crippen molar-refractivity contribution in [2.75, 3.05) is 26.2 Å². The molecule has 7 heteroatoms. The van der Waals surface area contributed by atoms with Crippen molar-refractivity contribution in [3.05, 3.63) is 59.5 Å². The summed E-state index contributed by atoms with van der Waals surface area (Å²) in [5.41, 5.74) is 3.06. The largest absolute Gasteiger partial charge is 0.467 e. The van der Waals surface area contributed by atoms with E-state index >= 15 is 0 Å². The van der Waals surface area contributed by atoms with E-state index in [0.29, 0.717) is 19.6 Å². The van der Waals surface area contributed by atoms with Crippen molar-refractivity contribution in [3.63, 3.8) is 0 Å². The number of benzene rings is 1. The first-order chi connectivity index (χ1) is 15.0. The summed E-state index contributed by atoms with van der Waals surface area (Å²) in [4.78, 5) is 27.4. The predicted octanol–water partition coefficient (Wildman–Crippen LogP) is 3.54. The third-order valence-corrected chi connectivity index (χ3v) is 5.91. The molecular formula is C24H29N3O4. The average Bonchev–Trinajstić information content (AvgIpc) is 3.45. The van der Waals surface area contributed by atoms with Crippen LogP contribution in [0.25, 0.3) is 0 Å². The minimum Gasteiger partial charge on any atom is -0.467 e. The SMILES string of the molecule is CCOC(=O)C1CCCN(CC(=O)N2N=C(c3ccc(C)cc3)CC2c2ccco2)C1. The number of hydrazone groups is 1. The normalized spacial score (nSPS) is 21.7. The highest BCUT2D eigenvalue weighted by molar-refractivity contribution is 6.03. The molecule has 3 heterocycles. The van der Waals surface area contributed by atoms with Gasteiger partial charge in [0.2, 0.25) is 0 Å². The number of carbonyl (C=O) groups is 2. The van der Waals surface area contributed by atoms with E-state index in [9.17, 15) is 9.59 Å². The summed E-state index contributed by atoms with van der Waals surface area (Å²) in [5, 5.41) is 6.25. The first-order valence-electron chi connectivity index (χ1n) is 10.9.